The Hall–Kier alpha value is -2.02. The van der Waals surface area contributed by atoms with E-state index in [4.69, 9.17) is 31.8 Å². The average molecular weight is 559 g/mol. The van der Waals surface area contributed by atoms with Gasteiger partial charge >= 0.3 is 11.9 Å². The molecule has 0 radical (unpaired) electrons. The predicted octanol–water partition coefficient (Wildman–Crippen LogP) is 6.31. The Morgan fingerprint density at radius 2 is 1.07 bits per heavy atom. The largest absolute Gasteiger partial charge is 0.464 e. The topological polar surface area (TPSA) is 71.1 Å². The van der Waals surface area contributed by atoms with Gasteiger partial charge in [-0.15, -0.1) is 24.7 Å². The fraction of sp³-hybridized carbons (Fsp3) is 0.824. The van der Waals surface area contributed by atoms with Gasteiger partial charge in [0, 0.05) is 24.7 Å². The van der Waals surface area contributed by atoms with Crippen LogP contribution in [0.1, 0.15) is 92.9 Å². The molecule has 0 aromatic rings. The van der Waals surface area contributed by atoms with Crippen LogP contribution >= 0.6 is 0 Å². The molecule has 6 heteroatoms. The molecule has 0 aliphatic heterocycles. The summed E-state index contributed by atoms with van der Waals surface area (Å²) in [5.74, 6) is 7.17. The van der Waals surface area contributed by atoms with Crippen molar-refractivity contribution in [3.8, 4) is 24.7 Å². The highest BCUT2D eigenvalue weighted by Gasteiger charge is 2.33. The molecule has 2 rings (SSSR count). The summed E-state index contributed by atoms with van der Waals surface area (Å²) < 4.78 is 23.3. The molecule has 2 fully saturated rings. The highest BCUT2D eigenvalue weighted by atomic mass is 16.6. The summed E-state index contributed by atoms with van der Waals surface area (Å²) >= 11 is 0. The molecule has 0 N–H and O–H groups in total. The van der Waals surface area contributed by atoms with Crippen molar-refractivity contribution >= 4 is 11.9 Å². The van der Waals surface area contributed by atoms with Crippen molar-refractivity contribution in [3.05, 3.63) is 0 Å². The van der Waals surface area contributed by atoms with Crippen molar-refractivity contribution < 1.29 is 28.5 Å². The van der Waals surface area contributed by atoms with Gasteiger partial charge in [0.1, 0.15) is 13.2 Å². The Morgan fingerprint density at radius 3 is 1.40 bits per heavy atom. The van der Waals surface area contributed by atoms with E-state index in [0.717, 1.165) is 25.7 Å². The summed E-state index contributed by atoms with van der Waals surface area (Å²) in [5, 5.41) is 0. The number of hydrogen-bond acceptors (Lipinski definition) is 6. The van der Waals surface area contributed by atoms with Crippen molar-refractivity contribution in [1.82, 2.24) is 0 Å². The molecular formula is C34H54O6. The van der Waals surface area contributed by atoms with Crippen LogP contribution in [0.25, 0.3) is 0 Å². The summed E-state index contributed by atoms with van der Waals surface area (Å²) in [4.78, 5) is 25.2. The monoisotopic (exact) mass is 558 g/mol. The fourth-order valence-corrected chi connectivity index (χ4v) is 6.47. The van der Waals surface area contributed by atoms with Crippen molar-refractivity contribution in [2.24, 2.45) is 47.3 Å². The maximum atomic E-state index is 12.6. The summed E-state index contributed by atoms with van der Waals surface area (Å²) in [6.45, 7) is 13.4. The van der Waals surface area contributed by atoms with E-state index >= 15 is 0 Å². The Labute approximate surface area is 244 Å². The summed E-state index contributed by atoms with van der Waals surface area (Å²) in [6, 6.07) is 0. The third-order valence-corrected chi connectivity index (χ3v) is 9.10. The molecule has 0 aromatic heterocycles. The van der Waals surface area contributed by atoms with Crippen molar-refractivity contribution in [2.45, 2.75) is 105 Å². The number of rotatable bonds is 15. The van der Waals surface area contributed by atoms with Gasteiger partial charge in [-0.05, 0) is 61.2 Å². The second-order valence-electron chi connectivity index (χ2n) is 13.1. The van der Waals surface area contributed by atoms with Gasteiger partial charge in [-0.2, -0.15) is 0 Å². The molecule has 2 aliphatic carbocycles. The normalized spacial score (nSPS) is 28.4. The van der Waals surface area contributed by atoms with Gasteiger partial charge in [-0.25, -0.2) is 9.59 Å². The Balaban J connectivity index is 1.84. The quantitative estimate of drug-likeness (QED) is 0.173. The van der Waals surface area contributed by atoms with E-state index in [1.54, 1.807) is 0 Å². The second-order valence-corrected chi connectivity index (χ2v) is 13.1. The lowest BCUT2D eigenvalue weighted by atomic mass is 9.75. The number of carbonyl (C=O) groups is 2. The van der Waals surface area contributed by atoms with Crippen molar-refractivity contribution in [2.75, 3.05) is 26.4 Å². The zero-order chi connectivity index (χ0) is 29.7. The predicted molar refractivity (Wildman–Crippen MR) is 158 cm³/mol. The van der Waals surface area contributed by atoms with Gasteiger partial charge in [0.2, 0.25) is 0 Å². The minimum Gasteiger partial charge on any atom is -0.464 e. The first-order valence-corrected chi connectivity index (χ1v) is 15.5. The molecule has 8 atom stereocenters. The summed E-state index contributed by atoms with van der Waals surface area (Å²) in [5.41, 5.74) is 0. The number of carbonyl (C=O) groups excluding carboxylic acids is 2. The number of ether oxygens (including phenoxy) is 4. The molecule has 0 bridgehead atoms. The van der Waals surface area contributed by atoms with E-state index < -0.39 is 11.9 Å². The minimum atomic E-state index is -0.408. The zero-order valence-electron chi connectivity index (χ0n) is 25.9. The first-order valence-electron chi connectivity index (χ1n) is 15.5. The molecule has 0 spiro atoms. The van der Waals surface area contributed by atoms with Gasteiger partial charge < -0.3 is 18.9 Å². The van der Waals surface area contributed by atoms with Gasteiger partial charge in [0.05, 0.1) is 25.4 Å². The fourth-order valence-electron chi connectivity index (χ4n) is 6.47. The van der Waals surface area contributed by atoms with Crippen LogP contribution in [-0.2, 0) is 28.5 Å². The van der Waals surface area contributed by atoms with Crippen LogP contribution in [0.2, 0.25) is 0 Å². The second kappa shape index (κ2) is 17.7. The lowest BCUT2D eigenvalue weighted by molar-refractivity contribution is -0.159. The molecular weight excluding hydrogens is 504 g/mol. The van der Waals surface area contributed by atoms with Gasteiger partial charge in [0.15, 0.2) is 0 Å². The molecule has 1 unspecified atom stereocenters. The summed E-state index contributed by atoms with van der Waals surface area (Å²) in [7, 11) is 0. The maximum absolute atomic E-state index is 12.6. The standard InChI is InChI=1S/C34H54O6/c1-9-11-27(19-39-33(35)21-37-31-17-25(7)13-15-29(31)23(3)4)28(12-10-2)20-40-34(36)22-38-32-18-26(8)14-16-30(32)24(5)6/h1-2,23-32H,11-22H2,3-8H3/t25-,26+,27-,28-,29+,30?,31+,32+/m1/s1. The van der Waals surface area contributed by atoms with Crippen molar-refractivity contribution in [3.63, 3.8) is 0 Å². The first-order chi connectivity index (χ1) is 19.0. The van der Waals surface area contributed by atoms with Crippen LogP contribution in [0.3, 0.4) is 0 Å². The first kappa shape index (κ1) is 34.2. The van der Waals surface area contributed by atoms with Crippen LogP contribution in [0.5, 0.6) is 0 Å². The van der Waals surface area contributed by atoms with Crippen molar-refractivity contribution in [1.29, 1.82) is 0 Å². The van der Waals surface area contributed by atoms with Crippen LogP contribution in [0.4, 0.5) is 0 Å². The Morgan fingerprint density at radius 1 is 0.700 bits per heavy atom. The van der Waals surface area contributed by atoms with Crippen LogP contribution < -0.4 is 0 Å². The van der Waals surface area contributed by atoms with Gasteiger partial charge in [0.25, 0.3) is 0 Å². The smallest absolute Gasteiger partial charge is 0.332 e. The third kappa shape index (κ3) is 11.5. The summed E-state index contributed by atoms with van der Waals surface area (Å²) in [6.07, 6.45) is 18.7. The lowest BCUT2D eigenvalue weighted by Gasteiger charge is -2.37. The molecule has 2 aliphatic rings. The third-order valence-electron chi connectivity index (χ3n) is 9.10. The Kier molecular flexibility index (Phi) is 15.1. The number of terminal acetylenes is 2. The molecule has 40 heavy (non-hydrogen) atoms. The van der Waals surface area contributed by atoms with Crippen LogP contribution in [0.15, 0.2) is 0 Å². The molecule has 2 saturated carbocycles. The molecule has 0 saturated heterocycles. The van der Waals surface area contributed by atoms with E-state index in [-0.39, 0.29) is 50.5 Å². The molecule has 0 heterocycles. The van der Waals surface area contributed by atoms with E-state index in [9.17, 15) is 9.59 Å². The van der Waals surface area contributed by atoms with Crippen LogP contribution in [-0.4, -0.2) is 50.6 Å². The van der Waals surface area contributed by atoms with E-state index in [2.05, 4.69) is 53.4 Å². The number of hydrogen-bond donors (Lipinski definition) is 0. The maximum Gasteiger partial charge on any atom is 0.332 e. The van der Waals surface area contributed by atoms with Crippen LogP contribution in [0, 0.1) is 72.0 Å². The van der Waals surface area contributed by atoms with E-state index in [1.165, 1.54) is 12.8 Å². The highest BCUT2D eigenvalue weighted by molar-refractivity contribution is 5.71. The van der Waals surface area contributed by atoms with E-state index in [0.29, 0.717) is 48.3 Å². The zero-order valence-corrected chi connectivity index (χ0v) is 25.9. The van der Waals surface area contributed by atoms with Gasteiger partial charge in [-0.3, -0.25) is 0 Å². The average Bonchev–Trinajstić information content (AvgIpc) is 2.90. The Bertz CT molecular complexity index is 781. The SMILES string of the molecule is C#CC[C@H](COC(=O)CO[C@H]1C[C@@H](C)CCC1C(C)C)[C@H](CC#C)COC(=O)CO[C@H]1C[C@H](C)CC[C@H]1C(C)C. The molecule has 6 nitrogen and oxygen atoms in total. The van der Waals surface area contributed by atoms with Gasteiger partial charge in [-0.1, -0.05) is 54.4 Å². The highest BCUT2D eigenvalue weighted by Crippen LogP contribution is 2.36. The lowest BCUT2D eigenvalue weighted by Crippen LogP contribution is -2.36. The number of esters is 2. The minimum absolute atomic E-state index is 0.0706. The molecule has 0 aromatic carbocycles. The molecule has 0 amide bonds. The molecule has 226 valence electrons. The van der Waals surface area contributed by atoms with E-state index in [1.807, 2.05) is 0 Å².